The van der Waals surface area contributed by atoms with Gasteiger partial charge in [0.05, 0.1) is 19.3 Å². The van der Waals surface area contributed by atoms with Gasteiger partial charge >= 0.3 is 5.97 Å². The van der Waals surface area contributed by atoms with E-state index < -0.39 is 5.97 Å². The molecule has 1 N–H and O–H groups in total. The van der Waals surface area contributed by atoms with Crippen LogP contribution in [0.15, 0.2) is 16.7 Å². The Labute approximate surface area is 94.2 Å². The first-order valence-corrected chi connectivity index (χ1v) is 5.45. The molecule has 0 radical (unpaired) electrons. The van der Waals surface area contributed by atoms with Crippen LogP contribution in [-0.2, 0) is 21.6 Å². The second-order valence-corrected chi connectivity index (χ2v) is 4.41. The minimum absolute atomic E-state index is 0.150. The van der Waals surface area contributed by atoms with Gasteiger partial charge in [-0.25, -0.2) is 0 Å². The third-order valence-corrected chi connectivity index (χ3v) is 3.33. The summed E-state index contributed by atoms with van der Waals surface area (Å²) >= 11 is 0. The van der Waals surface area contributed by atoms with Crippen molar-refractivity contribution >= 4 is 5.97 Å². The zero-order valence-corrected chi connectivity index (χ0v) is 9.36. The number of methoxy groups -OCH3 is 1. The molecule has 0 spiro atoms. The minimum Gasteiger partial charge on any atom is -0.481 e. The molecule has 88 valence electrons. The first kappa shape index (κ1) is 11.2. The van der Waals surface area contributed by atoms with E-state index >= 15 is 0 Å². The predicted octanol–water partition coefficient (Wildman–Crippen LogP) is 2.32. The average Bonchev–Trinajstić information content (AvgIpc) is 2.60. The van der Waals surface area contributed by atoms with E-state index in [9.17, 15) is 4.79 Å². The number of carboxylic acids is 1. The van der Waals surface area contributed by atoms with E-state index in [0.717, 1.165) is 30.6 Å². The largest absolute Gasteiger partial charge is 0.481 e. The number of carboxylic acid groups (broad SMARTS) is 1. The molecular formula is C12H16O4. The van der Waals surface area contributed by atoms with E-state index in [0.29, 0.717) is 6.61 Å². The fraction of sp³-hybridized carbons (Fsp3) is 0.583. The van der Waals surface area contributed by atoms with Crippen LogP contribution in [0.5, 0.6) is 0 Å². The normalized spacial score (nSPS) is 18.1. The molecule has 1 aromatic heterocycles. The monoisotopic (exact) mass is 224 g/mol. The smallest absolute Gasteiger partial charge is 0.304 e. The van der Waals surface area contributed by atoms with Crippen LogP contribution in [0, 0.1) is 0 Å². The summed E-state index contributed by atoms with van der Waals surface area (Å²) in [7, 11) is 1.63. The number of ether oxygens (including phenoxy) is 1. The molecule has 16 heavy (non-hydrogen) atoms. The van der Waals surface area contributed by atoms with E-state index in [1.807, 2.05) is 6.07 Å². The van der Waals surface area contributed by atoms with Crippen LogP contribution in [0.2, 0.25) is 0 Å². The van der Waals surface area contributed by atoms with Crippen molar-refractivity contribution in [2.45, 2.75) is 37.7 Å². The van der Waals surface area contributed by atoms with Crippen molar-refractivity contribution in [2.75, 3.05) is 7.11 Å². The van der Waals surface area contributed by atoms with Gasteiger partial charge in [0.1, 0.15) is 5.76 Å². The number of hydrogen-bond acceptors (Lipinski definition) is 3. The first-order valence-electron chi connectivity index (χ1n) is 5.45. The second-order valence-electron chi connectivity index (χ2n) is 4.41. The third-order valence-electron chi connectivity index (χ3n) is 3.33. The van der Waals surface area contributed by atoms with Crippen molar-refractivity contribution in [3.05, 3.63) is 23.7 Å². The molecule has 1 aromatic rings. The minimum atomic E-state index is -0.764. The maximum atomic E-state index is 10.9. The Morgan fingerprint density at radius 3 is 2.88 bits per heavy atom. The van der Waals surface area contributed by atoms with Crippen LogP contribution in [0.25, 0.3) is 0 Å². The molecule has 0 unspecified atom stereocenters. The molecule has 1 aliphatic carbocycles. The fourth-order valence-corrected chi connectivity index (χ4v) is 2.45. The summed E-state index contributed by atoms with van der Waals surface area (Å²) in [5.74, 6) is 0.0440. The summed E-state index contributed by atoms with van der Waals surface area (Å²) in [5.41, 5.74) is 0.687. The lowest BCUT2D eigenvalue weighted by Crippen LogP contribution is -2.37. The Morgan fingerprint density at radius 2 is 2.38 bits per heavy atom. The summed E-state index contributed by atoms with van der Waals surface area (Å²) in [4.78, 5) is 10.9. The number of carbonyl (C=O) groups is 1. The molecule has 0 aliphatic heterocycles. The molecule has 0 bridgehead atoms. The van der Waals surface area contributed by atoms with E-state index in [1.54, 1.807) is 13.4 Å². The Bertz CT molecular complexity index is 376. The van der Waals surface area contributed by atoms with Crippen molar-refractivity contribution in [1.29, 1.82) is 0 Å². The van der Waals surface area contributed by atoms with E-state index in [1.165, 1.54) is 0 Å². The van der Waals surface area contributed by atoms with E-state index in [4.69, 9.17) is 14.3 Å². The van der Waals surface area contributed by atoms with Gasteiger partial charge in [-0.3, -0.25) is 4.79 Å². The SMILES string of the molecule is COCc1ccoc1C1(CC(=O)O)CCC1. The number of rotatable bonds is 5. The van der Waals surface area contributed by atoms with Gasteiger partial charge in [0, 0.05) is 18.1 Å². The summed E-state index contributed by atoms with van der Waals surface area (Å²) in [6, 6.07) is 1.86. The Morgan fingerprint density at radius 1 is 1.62 bits per heavy atom. The molecule has 0 atom stereocenters. The zero-order chi connectivity index (χ0) is 11.6. The molecule has 2 rings (SSSR count). The van der Waals surface area contributed by atoms with Crippen molar-refractivity contribution < 1.29 is 19.1 Å². The number of hydrogen-bond donors (Lipinski definition) is 1. The van der Waals surface area contributed by atoms with Crippen molar-refractivity contribution in [2.24, 2.45) is 0 Å². The highest BCUT2D eigenvalue weighted by atomic mass is 16.5. The predicted molar refractivity (Wildman–Crippen MR) is 57.2 cm³/mol. The van der Waals surface area contributed by atoms with Crippen molar-refractivity contribution in [3.63, 3.8) is 0 Å². The Kier molecular flexibility index (Phi) is 3.01. The van der Waals surface area contributed by atoms with Gasteiger partial charge in [-0.05, 0) is 18.9 Å². The number of aliphatic carboxylic acids is 1. The van der Waals surface area contributed by atoms with Gasteiger partial charge in [0.15, 0.2) is 0 Å². The highest BCUT2D eigenvalue weighted by Gasteiger charge is 2.44. The summed E-state index contributed by atoms with van der Waals surface area (Å²) in [6.07, 6.45) is 4.62. The van der Waals surface area contributed by atoms with Crippen LogP contribution in [0.3, 0.4) is 0 Å². The molecule has 4 nitrogen and oxygen atoms in total. The van der Waals surface area contributed by atoms with E-state index in [2.05, 4.69) is 0 Å². The lowest BCUT2D eigenvalue weighted by molar-refractivity contribution is -0.139. The van der Waals surface area contributed by atoms with E-state index in [-0.39, 0.29) is 11.8 Å². The van der Waals surface area contributed by atoms with Crippen LogP contribution in [-0.4, -0.2) is 18.2 Å². The van der Waals surface area contributed by atoms with Gasteiger partial charge in [-0.1, -0.05) is 6.42 Å². The lowest BCUT2D eigenvalue weighted by Gasteiger charge is -2.39. The molecule has 0 aromatic carbocycles. The summed E-state index contributed by atoms with van der Waals surface area (Å²) < 4.78 is 10.6. The molecule has 1 fully saturated rings. The molecule has 1 heterocycles. The van der Waals surface area contributed by atoms with Crippen LogP contribution < -0.4 is 0 Å². The molecule has 0 saturated heterocycles. The maximum absolute atomic E-state index is 10.9. The molecule has 0 amide bonds. The summed E-state index contributed by atoms with van der Waals surface area (Å²) in [5, 5.41) is 8.96. The van der Waals surface area contributed by atoms with Gasteiger partial charge < -0.3 is 14.3 Å². The van der Waals surface area contributed by atoms with Crippen LogP contribution in [0.4, 0.5) is 0 Å². The summed E-state index contributed by atoms with van der Waals surface area (Å²) in [6.45, 7) is 0.479. The molecule has 1 saturated carbocycles. The lowest BCUT2D eigenvalue weighted by atomic mass is 9.64. The quantitative estimate of drug-likeness (QED) is 0.833. The second kappa shape index (κ2) is 4.29. The van der Waals surface area contributed by atoms with Gasteiger partial charge in [0.25, 0.3) is 0 Å². The standard InChI is InChI=1S/C12H16O4/c1-15-8-9-3-6-16-11(9)12(4-2-5-12)7-10(13)14/h3,6H,2,4-5,7-8H2,1H3,(H,13,14). The van der Waals surface area contributed by atoms with Crippen molar-refractivity contribution in [3.8, 4) is 0 Å². The zero-order valence-electron chi connectivity index (χ0n) is 9.36. The van der Waals surface area contributed by atoms with Gasteiger partial charge in [-0.2, -0.15) is 0 Å². The number of furan rings is 1. The van der Waals surface area contributed by atoms with Gasteiger partial charge in [-0.15, -0.1) is 0 Å². The fourth-order valence-electron chi connectivity index (χ4n) is 2.45. The van der Waals surface area contributed by atoms with Crippen LogP contribution in [0.1, 0.15) is 37.0 Å². The first-order chi connectivity index (χ1) is 7.68. The maximum Gasteiger partial charge on any atom is 0.304 e. The molecular weight excluding hydrogens is 208 g/mol. The topological polar surface area (TPSA) is 59.7 Å². The third kappa shape index (κ3) is 1.85. The van der Waals surface area contributed by atoms with Crippen LogP contribution >= 0.6 is 0 Å². The Balaban J connectivity index is 2.25. The highest BCUT2D eigenvalue weighted by molar-refractivity contribution is 5.69. The van der Waals surface area contributed by atoms with Gasteiger partial charge in [0.2, 0.25) is 0 Å². The molecule has 1 aliphatic rings. The van der Waals surface area contributed by atoms with Crippen molar-refractivity contribution in [1.82, 2.24) is 0 Å². The molecule has 4 heteroatoms. The highest BCUT2D eigenvalue weighted by Crippen LogP contribution is 2.48. The Hall–Kier alpha value is -1.29. The average molecular weight is 224 g/mol.